The maximum atomic E-state index is 12.4. The Morgan fingerprint density at radius 3 is 2.90 bits per heavy atom. The highest BCUT2D eigenvalue weighted by Crippen LogP contribution is 2.27. The second kappa shape index (κ2) is 7.24. The first-order valence-electron chi connectivity index (χ1n) is 6.51. The topological polar surface area (TPSA) is 102 Å². The predicted octanol–water partition coefficient (Wildman–Crippen LogP) is 1.28. The lowest BCUT2D eigenvalue weighted by Gasteiger charge is -2.17. The van der Waals surface area contributed by atoms with Crippen molar-refractivity contribution in [2.75, 3.05) is 32.4 Å². The maximum Gasteiger partial charge on any atom is 0.292 e. The summed E-state index contributed by atoms with van der Waals surface area (Å²) in [6.07, 6.45) is 0.932. The lowest BCUT2D eigenvalue weighted by atomic mass is 10.1. The summed E-state index contributed by atoms with van der Waals surface area (Å²) in [6.45, 7) is 2.17. The van der Waals surface area contributed by atoms with E-state index in [2.05, 4.69) is 5.32 Å². The molecule has 1 aliphatic heterocycles. The van der Waals surface area contributed by atoms with Crippen LogP contribution in [0.25, 0.3) is 0 Å². The number of nitrogens with one attached hydrogen (secondary N) is 1. The Kier molecular flexibility index (Phi) is 5.92. The van der Waals surface area contributed by atoms with Crippen molar-refractivity contribution in [2.24, 2.45) is 5.92 Å². The van der Waals surface area contributed by atoms with Gasteiger partial charge >= 0.3 is 0 Å². The number of anilines is 1. The van der Waals surface area contributed by atoms with Crippen LogP contribution in [-0.4, -0.2) is 42.4 Å². The molecule has 7 nitrogen and oxygen atoms in total. The van der Waals surface area contributed by atoms with Crippen LogP contribution in [-0.2, 0) is 0 Å². The molecule has 0 bridgehead atoms. The van der Waals surface area contributed by atoms with Gasteiger partial charge in [0.25, 0.3) is 11.6 Å². The van der Waals surface area contributed by atoms with Gasteiger partial charge in [0.2, 0.25) is 0 Å². The van der Waals surface area contributed by atoms with Gasteiger partial charge in [-0.25, -0.2) is 0 Å². The summed E-state index contributed by atoms with van der Waals surface area (Å²) < 4.78 is 0. The number of nitrogens with zero attached hydrogens (tertiary/aromatic N) is 2. The summed E-state index contributed by atoms with van der Waals surface area (Å²) in [5.74, 6) is 0.189. The normalized spacial score (nSPS) is 17.4. The molecule has 116 valence electrons. The van der Waals surface area contributed by atoms with Gasteiger partial charge in [0, 0.05) is 19.2 Å². The minimum atomic E-state index is -0.570. The highest BCUT2D eigenvalue weighted by Gasteiger charge is 2.29. The van der Waals surface area contributed by atoms with Gasteiger partial charge in [-0.2, -0.15) is 0 Å². The number of para-hydroxylation sites is 1. The molecule has 1 amide bonds. The van der Waals surface area contributed by atoms with Gasteiger partial charge < -0.3 is 16.0 Å². The van der Waals surface area contributed by atoms with E-state index in [1.54, 1.807) is 4.90 Å². The molecule has 0 aliphatic carbocycles. The van der Waals surface area contributed by atoms with E-state index in [1.807, 2.05) is 7.05 Å². The second-order valence-electron chi connectivity index (χ2n) is 4.96. The van der Waals surface area contributed by atoms with Gasteiger partial charge in [-0.1, -0.05) is 6.07 Å². The van der Waals surface area contributed by atoms with E-state index < -0.39 is 4.92 Å². The van der Waals surface area contributed by atoms with Crippen LogP contribution in [0.5, 0.6) is 0 Å². The molecule has 1 unspecified atom stereocenters. The van der Waals surface area contributed by atoms with Gasteiger partial charge in [-0.3, -0.25) is 14.9 Å². The third-order valence-corrected chi connectivity index (χ3v) is 3.58. The number of rotatable bonds is 4. The second-order valence-corrected chi connectivity index (χ2v) is 4.96. The minimum absolute atomic E-state index is 0. The van der Waals surface area contributed by atoms with Crippen LogP contribution in [0.1, 0.15) is 16.8 Å². The number of carbonyl (C=O) groups excluding carboxylic acids is 1. The first kappa shape index (κ1) is 17.2. The molecule has 3 N–H and O–H groups in total. The van der Waals surface area contributed by atoms with E-state index in [1.165, 1.54) is 18.2 Å². The minimum Gasteiger partial charge on any atom is -0.393 e. The van der Waals surface area contributed by atoms with Crippen molar-refractivity contribution in [1.82, 2.24) is 10.2 Å². The number of nitrogen functional groups attached to an aromatic ring is 1. The van der Waals surface area contributed by atoms with Gasteiger partial charge in [0.05, 0.1) is 10.5 Å². The molecule has 1 saturated heterocycles. The monoisotopic (exact) mass is 314 g/mol. The van der Waals surface area contributed by atoms with Crippen LogP contribution < -0.4 is 11.1 Å². The molecule has 1 aromatic carbocycles. The predicted molar refractivity (Wildman–Crippen MR) is 82.7 cm³/mol. The Bertz CT molecular complexity index is 538. The number of nitro benzene ring substituents is 1. The number of hydrogen-bond acceptors (Lipinski definition) is 5. The Hall–Kier alpha value is -1.86. The lowest BCUT2D eigenvalue weighted by molar-refractivity contribution is -0.383. The Balaban J connectivity index is 0.00000220. The molecule has 8 heteroatoms. The SMILES string of the molecule is CNCC1CCN(C(=O)c2cccc([N+](=O)[O-])c2N)C1.Cl. The quantitative estimate of drug-likeness (QED) is 0.495. The van der Waals surface area contributed by atoms with Crippen molar-refractivity contribution < 1.29 is 9.72 Å². The number of nitrogens with two attached hydrogens (primary N) is 1. The van der Waals surface area contributed by atoms with Gasteiger partial charge in [-0.05, 0) is 32.0 Å². The van der Waals surface area contributed by atoms with Crippen molar-refractivity contribution in [3.05, 3.63) is 33.9 Å². The highest BCUT2D eigenvalue weighted by molar-refractivity contribution is 6.01. The summed E-state index contributed by atoms with van der Waals surface area (Å²) in [5, 5.41) is 13.9. The fraction of sp³-hybridized carbons (Fsp3) is 0.462. The van der Waals surface area contributed by atoms with Crippen molar-refractivity contribution >= 4 is 29.7 Å². The molecule has 0 saturated carbocycles. The summed E-state index contributed by atoms with van der Waals surface area (Å²) in [7, 11) is 1.88. The van der Waals surface area contributed by atoms with E-state index in [9.17, 15) is 14.9 Å². The van der Waals surface area contributed by atoms with Crippen LogP contribution in [0.3, 0.4) is 0 Å². The van der Waals surface area contributed by atoms with Crippen LogP contribution >= 0.6 is 12.4 Å². The average molecular weight is 315 g/mol. The first-order chi connectivity index (χ1) is 9.54. The lowest BCUT2D eigenvalue weighted by Crippen LogP contribution is -2.31. The number of amides is 1. The molecule has 0 spiro atoms. The fourth-order valence-corrected chi connectivity index (χ4v) is 2.54. The van der Waals surface area contributed by atoms with Crippen LogP contribution in [0, 0.1) is 16.0 Å². The smallest absolute Gasteiger partial charge is 0.292 e. The molecule has 1 aromatic rings. The molecule has 0 aromatic heterocycles. The van der Waals surface area contributed by atoms with E-state index >= 15 is 0 Å². The number of halogens is 1. The Morgan fingerprint density at radius 1 is 1.57 bits per heavy atom. The fourth-order valence-electron chi connectivity index (χ4n) is 2.54. The largest absolute Gasteiger partial charge is 0.393 e. The number of carbonyl (C=O) groups is 1. The molecular formula is C13H19ClN4O3. The van der Waals surface area contributed by atoms with E-state index in [0.717, 1.165) is 13.0 Å². The summed E-state index contributed by atoms with van der Waals surface area (Å²) in [5.41, 5.74) is 5.68. The van der Waals surface area contributed by atoms with Crippen molar-refractivity contribution in [3.8, 4) is 0 Å². The van der Waals surface area contributed by atoms with Gasteiger partial charge in [-0.15, -0.1) is 12.4 Å². The Labute approximate surface area is 129 Å². The van der Waals surface area contributed by atoms with Crippen molar-refractivity contribution in [2.45, 2.75) is 6.42 Å². The van der Waals surface area contributed by atoms with Crippen LogP contribution in [0.4, 0.5) is 11.4 Å². The van der Waals surface area contributed by atoms with Crippen molar-refractivity contribution in [1.29, 1.82) is 0 Å². The molecule has 1 fully saturated rings. The molecule has 21 heavy (non-hydrogen) atoms. The number of likely N-dealkylation sites (tertiary alicyclic amines) is 1. The highest BCUT2D eigenvalue weighted by atomic mass is 35.5. The summed E-state index contributed by atoms with van der Waals surface area (Å²) in [6, 6.07) is 4.33. The molecule has 2 rings (SSSR count). The molecule has 1 aliphatic rings. The molecular weight excluding hydrogens is 296 g/mol. The summed E-state index contributed by atoms with van der Waals surface area (Å²) >= 11 is 0. The van der Waals surface area contributed by atoms with E-state index in [0.29, 0.717) is 19.0 Å². The first-order valence-corrected chi connectivity index (χ1v) is 6.51. The number of hydrogen-bond donors (Lipinski definition) is 2. The molecule has 1 heterocycles. The zero-order valence-electron chi connectivity index (χ0n) is 11.7. The molecule has 1 atom stereocenters. The average Bonchev–Trinajstić information content (AvgIpc) is 2.87. The van der Waals surface area contributed by atoms with E-state index in [4.69, 9.17) is 5.73 Å². The third-order valence-electron chi connectivity index (χ3n) is 3.58. The number of benzene rings is 1. The third kappa shape index (κ3) is 3.62. The van der Waals surface area contributed by atoms with Gasteiger partial charge in [0.1, 0.15) is 5.69 Å². The standard InChI is InChI=1S/C13H18N4O3.ClH/c1-15-7-9-5-6-16(8-9)13(18)10-3-2-4-11(12(10)14)17(19)20;/h2-4,9,15H,5-8,14H2,1H3;1H. The molecule has 0 radical (unpaired) electrons. The van der Waals surface area contributed by atoms with Gasteiger partial charge in [0.15, 0.2) is 0 Å². The van der Waals surface area contributed by atoms with Crippen molar-refractivity contribution in [3.63, 3.8) is 0 Å². The summed E-state index contributed by atoms with van der Waals surface area (Å²) in [4.78, 5) is 24.4. The van der Waals surface area contributed by atoms with Crippen LogP contribution in [0.2, 0.25) is 0 Å². The van der Waals surface area contributed by atoms with Crippen LogP contribution in [0.15, 0.2) is 18.2 Å². The number of nitro groups is 1. The zero-order chi connectivity index (χ0) is 14.7. The Morgan fingerprint density at radius 2 is 2.29 bits per heavy atom. The zero-order valence-corrected chi connectivity index (χ0v) is 12.6. The van der Waals surface area contributed by atoms with E-state index in [-0.39, 0.29) is 35.3 Å². The maximum absolute atomic E-state index is 12.4.